The molecule has 0 bridgehead atoms. The number of halogens is 3. The molecule has 11 heteroatoms. The quantitative estimate of drug-likeness (QED) is 0.281. The van der Waals surface area contributed by atoms with Crippen LogP contribution in [0.5, 0.6) is 5.75 Å². The Bertz CT molecular complexity index is 1520. The molecule has 0 unspecified atom stereocenters. The minimum absolute atomic E-state index is 0.117. The van der Waals surface area contributed by atoms with Crippen molar-refractivity contribution in [3.8, 4) is 5.75 Å². The van der Waals surface area contributed by atoms with E-state index in [2.05, 4.69) is 10.6 Å². The van der Waals surface area contributed by atoms with E-state index >= 15 is 0 Å². The van der Waals surface area contributed by atoms with Crippen LogP contribution in [0.2, 0.25) is 15.1 Å². The minimum Gasteiger partial charge on any atom is -0.483 e. The molecule has 0 spiro atoms. The van der Waals surface area contributed by atoms with Gasteiger partial charge in [-0.05, 0) is 73.5 Å². The van der Waals surface area contributed by atoms with Crippen molar-refractivity contribution in [1.29, 1.82) is 0 Å². The van der Waals surface area contributed by atoms with Gasteiger partial charge in [-0.2, -0.15) is 0 Å². The fourth-order valence-corrected chi connectivity index (χ4v) is 4.12. The number of ether oxygens (including phenoxy) is 1. The Labute approximate surface area is 233 Å². The Morgan fingerprint density at radius 2 is 1.76 bits per heavy atom. The maximum absolute atomic E-state index is 13.2. The molecule has 3 aromatic rings. The second kappa shape index (κ2) is 11.3. The molecule has 0 aliphatic carbocycles. The molecule has 38 heavy (non-hydrogen) atoms. The monoisotopic (exact) mass is 571 g/mol. The van der Waals surface area contributed by atoms with Crippen LogP contribution in [-0.2, 0) is 14.4 Å². The van der Waals surface area contributed by atoms with Crippen LogP contribution in [0.3, 0.4) is 0 Å². The highest BCUT2D eigenvalue weighted by atomic mass is 35.5. The normalized spacial score (nSPS) is 14.5. The van der Waals surface area contributed by atoms with Crippen molar-refractivity contribution < 1.29 is 23.9 Å². The molecule has 4 rings (SSSR count). The number of hydrogen-bond donors (Lipinski definition) is 2. The van der Waals surface area contributed by atoms with Gasteiger partial charge in [-0.1, -0.05) is 46.9 Å². The number of rotatable bonds is 6. The molecular weight excluding hydrogens is 553 g/mol. The molecule has 3 aromatic carbocycles. The van der Waals surface area contributed by atoms with Crippen LogP contribution in [0.25, 0.3) is 6.08 Å². The van der Waals surface area contributed by atoms with E-state index in [-0.39, 0.29) is 39.2 Å². The second-order valence-corrected chi connectivity index (χ2v) is 9.57. The summed E-state index contributed by atoms with van der Waals surface area (Å²) < 4.78 is 5.70. The highest BCUT2D eigenvalue weighted by Crippen LogP contribution is 2.31. The fourth-order valence-electron chi connectivity index (χ4n) is 3.65. The lowest BCUT2D eigenvalue weighted by Gasteiger charge is -2.26. The number of carbonyl (C=O) groups is 4. The van der Waals surface area contributed by atoms with Gasteiger partial charge in [-0.15, -0.1) is 0 Å². The number of carbonyl (C=O) groups excluding carboxylic acids is 4. The molecule has 1 aliphatic heterocycles. The number of urea groups is 1. The second-order valence-electron chi connectivity index (χ2n) is 8.32. The average Bonchev–Trinajstić information content (AvgIpc) is 2.86. The first-order valence-electron chi connectivity index (χ1n) is 11.2. The molecule has 0 saturated carbocycles. The Hall–Kier alpha value is -3.85. The number of aryl methyl sites for hydroxylation is 1. The van der Waals surface area contributed by atoms with Gasteiger partial charge in [0.1, 0.15) is 11.3 Å². The zero-order valence-electron chi connectivity index (χ0n) is 20.1. The molecule has 194 valence electrons. The molecule has 1 saturated heterocycles. The van der Waals surface area contributed by atoms with Crippen molar-refractivity contribution in [2.45, 2.75) is 13.8 Å². The summed E-state index contributed by atoms with van der Waals surface area (Å²) in [7, 11) is 0. The summed E-state index contributed by atoms with van der Waals surface area (Å²) in [5.41, 5.74) is 2.63. The van der Waals surface area contributed by atoms with Gasteiger partial charge in [0.25, 0.3) is 17.7 Å². The number of barbiturate groups is 1. The summed E-state index contributed by atoms with van der Waals surface area (Å²) in [6.45, 7) is 3.49. The zero-order valence-corrected chi connectivity index (χ0v) is 22.4. The molecule has 1 fully saturated rings. The van der Waals surface area contributed by atoms with E-state index in [0.29, 0.717) is 10.7 Å². The van der Waals surface area contributed by atoms with Crippen LogP contribution in [-0.4, -0.2) is 30.4 Å². The van der Waals surface area contributed by atoms with Gasteiger partial charge >= 0.3 is 6.03 Å². The molecule has 0 radical (unpaired) electrons. The standard InChI is InChI=1S/C27H20Cl3N3O5/c1-14-4-3-5-22(15(14)2)31-24(34)13-38-23-9-6-17(28)10-16(23)11-19-25(35)32-27(37)33(26(19)36)18-7-8-20(29)21(30)12-18/h3-12H,13H2,1-2H3,(H,31,34)(H,32,35,37)/b19-11-. The van der Waals surface area contributed by atoms with Crippen molar-refractivity contribution >= 4 is 76.0 Å². The number of nitrogens with one attached hydrogen (secondary N) is 2. The molecule has 0 atom stereocenters. The van der Waals surface area contributed by atoms with Crippen molar-refractivity contribution in [2.75, 3.05) is 16.8 Å². The third-order valence-corrected chi connectivity index (χ3v) is 6.75. The third kappa shape index (κ3) is 5.83. The van der Waals surface area contributed by atoms with Crippen LogP contribution in [0.1, 0.15) is 16.7 Å². The van der Waals surface area contributed by atoms with E-state index < -0.39 is 23.8 Å². The number of amides is 5. The van der Waals surface area contributed by atoms with E-state index in [1.165, 1.54) is 42.5 Å². The lowest BCUT2D eigenvalue weighted by Crippen LogP contribution is -2.54. The van der Waals surface area contributed by atoms with Crippen molar-refractivity contribution in [3.05, 3.63) is 91.9 Å². The Morgan fingerprint density at radius 3 is 2.50 bits per heavy atom. The predicted octanol–water partition coefficient (Wildman–Crippen LogP) is 5.95. The van der Waals surface area contributed by atoms with E-state index in [9.17, 15) is 19.2 Å². The zero-order chi connectivity index (χ0) is 27.6. The van der Waals surface area contributed by atoms with Crippen molar-refractivity contribution in [1.82, 2.24) is 5.32 Å². The minimum atomic E-state index is -0.943. The van der Waals surface area contributed by atoms with Gasteiger partial charge in [0.15, 0.2) is 6.61 Å². The van der Waals surface area contributed by atoms with Crippen LogP contribution in [0, 0.1) is 13.8 Å². The molecular formula is C27H20Cl3N3O5. The molecule has 0 aromatic heterocycles. The smallest absolute Gasteiger partial charge is 0.335 e. The van der Waals surface area contributed by atoms with E-state index in [4.69, 9.17) is 39.5 Å². The molecule has 1 aliphatic rings. The molecule has 8 nitrogen and oxygen atoms in total. The number of hydrogen-bond acceptors (Lipinski definition) is 5. The van der Waals surface area contributed by atoms with E-state index in [0.717, 1.165) is 16.0 Å². The lowest BCUT2D eigenvalue weighted by molar-refractivity contribution is -0.122. The number of imide groups is 2. The Kier molecular flexibility index (Phi) is 8.06. The highest BCUT2D eigenvalue weighted by Gasteiger charge is 2.37. The largest absolute Gasteiger partial charge is 0.483 e. The van der Waals surface area contributed by atoms with Gasteiger partial charge in [0, 0.05) is 16.3 Å². The van der Waals surface area contributed by atoms with Gasteiger partial charge in [0.05, 0.1) is 15.7 Å². The summed E-state index contributed by atoms with van der Waals surface area (Å²) in [4.78, 5) is 51.6. The van der Waals surface area contributed by atoms with Gasteiger partial charge in [-0.3, -0.25) is 19.7 Å². The predicted molar refractivity (Wildman–Crippen MR) is 147 cm³/mol. The maximum atomic E-state index is 13.2. The first kappa shape index (κ1) is 27.2. The number of anilines is 2. The first-order valence-corrected chi connectivity index (χ1v) is 12.3. The van der Waals surface area contributed by atoms with Crippen LogP contribution in [0.15, 0.2) is 60.2 Å². The van der Waals surface area contributed by atoms with E-state index in [1.54, 1.807) is 6.07 Å². The SMILES string of the molecule is Cc1cccc(NC(=O)COc2ccc(Cl)cc2/C=C2/C(=O)NC(=O)N(c3ccc(Cl)c(Cl)c3)C2=O)c1C. The van der Waals surface area contributed by atoms with Crippen molar-refractivity contribution in [2.24, 2.45) is 0 Å². The fraction of sp³-hybridized carbons (Fsp3) is 0.111. The molecule has 1 heterocycles. The summed E-state index contributed by atoms with van der Waals surface area (Å²) >= 11 is 18.1. The van der Waals surface area contributed by atoms with Gasteiger partial charge in [0.2, 0.25) is 0 Å². The maximum Gasteiger partial charge on any atom is 0.335 e. The summed E-state index contributed by atoms with van der Waals surface area (Å²) in [6, 6.07) is 13.3. The van der Waals surface area contributed by atoms with Crippen molar-refractivity contribution in [3.63, 3.8) is 0 Å². The number of benzene rings is 3. The van der Waals surface area contributed by atoms with Crippen LogP contribution in [0.4, 0.5) is 16.2 Å². The summed E-state index contributed by atoms with van der Waals surface area (Å²) in [5, 5.41) is 5.58. The lowest BCUT2D eigenvalue weighted by atomic mass is 10.1. The van der Waals surface area contributed by atoms with Crippen LogP contribution >= 0.6 is 34.8 Å². The average molecular weight is 573 g/mol. The summed E-state index contributed by atoms with van der Waals surface area (Å²) in [5.74, 6) is -2.02. The Balaban J connectivity index is 1.59. The number of nitrogens with zero attached hydrogens (tertiary/aromatic N) is 1. The first-order chi connectivity index (χ1) is 18.0. The summed E-state index contributed by atoms with van der Waals surface area (Å²) in [6.07, 6.45) is 1.23. The van der Waals surface area contributed by atoms with Gasteiger partial charge < -0.3 is 10.1 Å². The third-order valence-electron chi connectivity index (χ3n) is 5.77. The topological polar surface area (TPSA) is 105 Å². The van der Waals surface area contributed by atoms with E-state index in [1.807, 2.05) is 26.0 Å². The van der Waals surface area contributed by atoms with Gasteiger partial charge in [-0.25, -0.2) is 9.69 Å². The molecule has 2 N–H and O–H groups in total. The Morgan fingerprint density at radius 1 is 1.00 bits per heavy atom. The molecule has 5 amide bonds. The highest BCUT2D eigenvalue weighted by molar-refractivity contribution is 6.43. The van der Waals surface area contributed by atoms with Crippen LogP contribution < -0.4 is 20.3 Å².